The van der Waals surface area contributed by atoms with Gasteiger partial charge >= 0.3 is 0 Å². The van der Waals surface area contributed by atoms with Crippen LogP contribution in [-0.2, 0) is 6.42 Å². The number of aliphatic hydroxyl groups is 1. The van der Waals surface area contributed by atoms with Gasteiger partial charge in [-0.25, -0.2) is 0 Å². The molecule has 0 aromatic heterocycles. The van der Waals surface area contributed by atoms with Gasteiger partial charge in [-0.1, -0.05) is 12.1 Å². The van der Waals surface area contributed by atoms with Crippen molar-refractivity contribution in [2.45, 2.75) is 18.9 Å². The molecular formula is C11H15NO2. The van der Waals surface area contributed by atoms with Crippen molar-refractivity contribution in [2.75, 3.05) is 19.0 Å². The molecule has 76 valence electrons. The van der Waals surface area contributed by atoms with Crippen molar-refractivity contribution in [2.24, 2.45) is 0 Å². The van der Waals surface area contributed by atoms with Gasteiger partial charge < -0.3 is 15.2 Å². The number of ether oxygens (including phenoxy) is 1. The first-order valence-corrected chi connectivity index (χ1v) is 4.73. The normalized spacial score (nSPS) is 24.2. The minimum absolute atomic E-state index is 0.130. The zero-order valence-corrected chi connectivity index (χ0v) is 8.50. The fraction of sp³-hybridized carbons (Fsp3) is 0.455. The topological polar surface area (TPSA) is 41.5 Å². The summed E-state index contributed by atoms with van der Waals surface area (Å²) in [6.07, 6.45) is 0.843. The molecule has 2 rings (SSSR count). The third-order valence-corrected chi connectivity index (χ3v) is 2.69. The van der Waals surface area contributed by atoms with Gasteiger partial charge in [-0.15, -0.1) is 0 Å². The Hall–Kier alpha value is -1.22. The molecule has 1 atom stereocenters. The first kappa shape index (κ1) is 9.34. The van der Waals surface area contributed by atoms with Gasteiger partial charge in [0, 0.05) is 0 Å². The minimum Gasteiger partial charge on any atom is -0.495 e. The fourth-order valence-electron chi connectivity index (χ4n) is 1.90. The Labute approximate surface area is 83.7 Å². The zero-order valence-electron chi connectivity index (χ0n) is 8.50. The molecule has 0 radical (unpaired) electrons. The van der Waals surface area contributed by atoms with Crippen LogP contribution in [0.4, 0.5) is 5.69 Å². The van der Waals surface area contributed by atoms with Crippen LogP contribution in [0.5, 0.6) is 5.75 Å². The van der Waals surface area contributed by atoms with Gasteiger partial charge in [0.05, 0.1) is 24.9 Å². The summed E-state index contributed by atoms with van der Waals surface area (Å²) < 4.78 is 5.25. The molecule has 1 aliphatic rings. The first-order chi connectivity index (χ1) is 6.68. The Morgan fingerprint density at radius 2 is 2.36 bits per heavy atom. The van der Waals surface area contributed by atoms with Crippen molar-refractivity contribution in [3.63, 3.8) is 0 Å². The van der Waals surface area contributed by atoms with Crippen LogP contribution in [0.2, 0.25) is 0 Å². The second kappa shape index (κ2) is 3.17. The zero-order chi connectivity index (χ0) is 10.2. The second-order valence-corrected chi connectivity index (χ2v) is 4.01. The number of benzene rings is 1. The molecule has 0 aliphatic carbocycles. The number of hydrogen-bond acceptors (Lipinski definition) is 3. The van der Waals surface area contributed by atoms with Gasteiger partial charge in [0.2, 0.25) is 0 Å². The van der Waals surface area contributed by atoms with Crippen molar-refractivity contribution in [1.29, 1.82) is 0 Å². The quantitative estimate of drug-likeness (QED) is 0.746. The molecule has 3 nitrogen and oxygen atoms in total. The van der Waals surface area contributed by atoms with Crippen LogP contribution in [0, 0.1) is 0 Å². The van der Waals surface area contributed by atoms with E-state index in [2.05, 4.69) is 11.4 Å². The van der Waals surface area contributed by atoms with Crippen LogP contribution in [0.1, 0.15) is 12.5 Å². The highest BCUT2D eigenvalue weighted by molar-refractivity contribution is 5.67. The molecule has 2 N–H and O–H groups in total. The van der Waals surface area contributed by atoms with Crippen LogP contribution in [-0.4, -0.2) is 24.4 Å². The van der Waals surface area contributed by atoms with Gasteiger partial charge in [-0.3, -0.25) is 0 Å². The third-order valence-electron chi connectivity index (χ3n) is 2.69. The molecule has 1 aliphatic heterocycles. The number of rotatable bonds is 2. The van der Waals surface area contributed by atoms with E-state index in [4.69, 9.17) is 4.74 Å². The lowest BCUT2D eigenvalue weighted by molar-refractivity contribution is 0.227. The Morgan fingerprint density at radius 3 is 3.00 bits per heavy atom. The van der Waals surface area contributed by atoms with Crippen LogP contribution >= 0.6 is 0 Å². The highest BCUT2D eigenvalue weighted by Gasteiger charge is 2.33. The van der Waals surface area contributed by atoms with E-state index in [0.29, 0.717) is 0 Å². The molecule has 3 heteroatoms. The highest BCUT2D eigenvalue weighted by Crippen LogP contribution is 2.38. The SMILES string of the molecule is COc1cccc2c1NC(C)(CO)C2. The Bertz CT molecular complexity index is 351. The maximum atomic E-state index is 9.26. The van der Waals surface area contributed by atoms with Gasteiger partial charge in [0.25, 0.3) is 0 Å². The summed E-state index contributed by atoms with van der Waals surface area (Å²) in [6, 6.07) is 5.96. The molecule has 1 unspecified atom stereocenters. The van der Waals surface area contributed by atoms with Crippen molar-refractivity contribution < 1.29 is 9.84 Å². The monoisotopic (exact) mass is 193 g/mol. The summed E-state index contributed by atoms with van der Waals surface area (Å²) >= 11 is 0. The summed E-state index contributed by atoms with van der Waals surface area (Å²) in [5.41, 5.74) is 1.99. The second-order valence-electron chi connectivity index (χ2n) is 4.01. The lowest BCUT2D eigenvalue weighted by Gasteiger charge is -2.22. The maximum absolute atomic E-state index is 9.26. The van der Waals surface area contributed by atoms with E-state index in [-0.39, 0.29) is 12.1 Å². The smallest absolute Gasteiger partial charge is 0.142 e. The highest BCUT2D eigenvalue weighted by atomic mass is 16.5. The average Bonchev–Trinajstić information content (AvgIpc) is 2.54. The Kier molecular flexibility index (Phi) is 2.11. The van der Waals surface area contributed by atoms with Crippen molar-refractivity contribution >= 4 is 5.69 Å². The predicted octanol–water partition coefficient (Wildman–Crippen LogP) is 1.41. The average molecular weight is 193 g/mol. The van der Waals surface area contributed by atoms with Crippen molar-refractivity contribution in [3.8, 4) is 5.75 Å². The number of nitrogens with one attached hydrogen (secondary N) is 1. The summed E-state index contributed by atoms with van der Waals surface area (Å²) in [6.45, 7) is 2.14. The van der Waals surface area contributed by atoms with Crippen molar-refractivity contribution in [3.05, 3.63) is 23.8 Å². The van der Waals surface area contributed by atoms with Crippen LogP contribution in [0.25, 0.3) is 0 Å². The van der Waals surface area contributed by atoms with Gasteiger partial charge in [0.15, 0.2) is 0 Å². The molecule has 0 amide bonds. The van der Waals surface area contributed by atoms with E-state index >= 15 is 0 Å². The van der Waals surface area contributed by atoms with E-state index in [1.54, 1.807) is 7.11 Å². The number of methoxy groups -OCH3 is 1. The number of hydrogen-bond donors (Lipinski definition) is 2. The summed E-state index contributed by atoms with van der Waals surface area (Å²) in [7, 11) is 1.66. The molecule has 0 saturated carbocycles. The summed E-state index contributed by atoms with van der Waals surface area (Å²) in [5.74, 6) is 0.847. The maximum Gasteiger partial charge on any atom is 0.142 e. The van der Waals surface area contributed by atoms with E-state index in [1.165, 1.54) is 5.56 Å². The largest absolute Gasteiger partial charge is 0.495 e. The third kappa shape index (κ3) is 1.34. The minimum atomic E-state index is -0.239. The van der Waals surface area contributed by atoms with Gasteiger partial charge in [0.1, 0.15) is 5.75 Å². The predicted molar refractivity (Wildman–Crippen MR) is 55.8 cm³/mol. The van der Waals surface area contributed by atoms with E-state index in [9.17, 15) is 5.11 Å². The molecule has 14 heavy (non-hydrogen) atoms. The molecule has 0 bridgehead atoms. The first-order valence-electron chi connectivity index (χ1n) is 4.73. The fourth-order valence-corrected chi connectivity index (χ4v) is 1.90. The van der Waals surface area contributed by atoms with Crippen LogP contribution in [0.3, 0.4) is 0 Å². The van der Waals surface area contributed by atoms with Crippen LogP contribution < -0.4 is 10.1 Å². The van der Waals surface area contributed by atoms with E-state index in [0.717, 1.165) is 17.9 Å². The Morgan fingerprint density at radius 1 is 1.57 bits per heavy atom. The lowest BCUT2D eigenvalue weighted by Crippen LogP contribution is -2.36. The standard InChI is InChI=1S/C11H15NO2/c1-11(7-13)6-8-4-3-5-9(14-2)10(8)12-11/h3-5,12-13H,6-7H2,1-2H3. The van der Waals surface area contributed by atoms with Crippen molar-refractivity contribution in [1.82, 2.24) is 0 Å². The number of anilines is 1. The van der Waals surface area contributed by atoms with Gasteiger partial charge in [-0.05, 0) is 25.0 Å². The number of para-hydroxylation sites is 1. The molecule has 0 spiro atoms. The molecule has 1 heterocycles. The Balaban J connectivity index is 2.39. The molecule has 0 fully saturated rings. The summed E-state index contributed by atoms with van der Waals surface area (Å²) in [4.78, 5) is 0. The molecule has 1 aromatic rings. The molecule has 1 aromatic carbocycles. The van der Waals surface area contributed by atoms with Gasteiger partial charge in [-0.2, -0.15) is 0 Å². The van der Waals surface area contributed by atoms with E-state index in [1.807, 2.05) is 19.1 Å². The number of aliphatic hydroxyl groups excluding tert-OH is 1. The molecule has 0 saturated heterocycles. The molecular weight excluding hydrogens is 178 g/mol. The number of fused-ring (bicyclic) bond motifs is 1. The summed E-state index contributed by atoms with van der Waals surface area (Å²) in [5, 5.41) is 12.6. The lowest BCUT2D eigenvalue weighted by atomic mass is 9.99. The van der Waals surface area contributed by atoms with E-state index < -0.39 is 0 Å². The van der Waals surface area contributed by atoms with Crippen LogP contribution in [0.15, 0.2) is 18.2 Å².